The van der Waals surface area contributed by atoms with E-state index in [0.29, 0.717) is 23.6 Å². The minimum absolute atomic E-state index is 0.224. The third-order valence-corrected chi connectivity index (χ3v) is 3.79. The fraction of sp³-hybridized carbons (Fsp3) is 0.316. The normalized spacial score (nSPS) is 10.5. The van der Waals surface area contributed by atoms with Crippen LogP contribution in [0.1, 0.15) is 45.7 Å². The van der Waals surface area contributed by atoms with Gasteiger partial charge in [-0.1, -0.05) is 26.0 Å². The lowest BCUT2D eigenvalue weighted by Gasteiger charge is -2.11. The topological polar surface area (TPSA) is 71.1 Å². The molecule has 2 aromatic rings. The molecule has 1 aromatic heterocycles. The summed E-state index contributed by atoms with van der Waals surface area (Å²) in [5.74, 6) is -0.148. The van der Waals surface area contributed by atoms with Crippen LogP contribution in [-0.4, -0.2) is 23.3 Å². The summed E-state index contributed by atoms with van der Waals surface area (Å²) in [6, 6.07) is 7.30. The first-order valence-corrected chi connectivity index (χ1v) is 7.99. The molecule has 5 heteroatoms. The number of carbonyl (C=O) groups is 2. The van der Waals surface area contributed by atoms with Crippen molar-refractivity contribution in [3.05, 3.63) is 58.9 Å². The molecule has 1 aromatic carbocycles. The highest BCUT2D eigenvalue weighted by molar-refractivity contribution is 6.06. The second-order valence-electron chi connectivity index (χ2n) is 6.27. The molecule has 126 valence electrons. The second kappa shape index (κ2) is 7.73. The van der Waals surface area contributed by atoms with Crippen molar-refractivity contribution >= 4 is 17.5 Å². The number of aryl methyl sites for hydroxylation is 1. The van der Waals surface area contributed by atoms with E-state index in [2.05, 4.69) is 15.6 Å². The summed E-state index contributed by atoms with van der Waals surface area (Å²) < 4.78 is 0. The van der Waals surface area contributed by atoms with Gasteiger partial charge in [0.1, 0.15) is 0 Å². The third-order valence-electron chi connectivity index (χ3n) is 3.79. The van der Waals surface area contributed by atoms with Crippen LogP contribution in [-0.2, 0) is 0 Å². The molecule has 0 unspecified atom stereocenters. The number of nitrogens with zero attached hydrogens (tertiary/aromatic N) is 1. The van der Waals surface area contributed by atoms with Gasteiger partial charge in [0.25, 0.3) is 11.8 Å². The molecular formula is C19H23N3O2. The summed E-state index contributed by atoms with van der Waals surface area (Å²) >= 11 is 0. The summed E-state index contributed by atoms with van der Waals surface area (Å²) in [4.78, 5) is 28.5. The first-order valence-electron chi connectivity index (χ1n) is 7.99. The fourth-order valence-electron chi connectivity index (χ4n) is 2.17. The number of rotatable bonds is 5. The van der Waals surface area contributed by atoms with Crippen molar-refractivity contribution in [3.63, 3.8) is 0 Å². The van der Waals surface area contributed by atoms with Gasteiger partial charge in [0.15, 0.2) is 0 Å². The van der Waals surface area contributed by atoms with E-state index in [1.165, 1.54) is 12.4 Å². The highest BCUT2D eigenvalue weighted by Crippen LogP contribution is 2.19. The van der Waals surface area contributed by atoms with E-state index < -0.39 is 0 Å². The van der Waals surface area contributed by atoms with E-state index in [-0.39, 0.29) is 11.8 Å². The molecule has 0 bridgehead atoms. The standard InChI is InChI=1S/C19H23N3O2/c1-12(2)9-21-18(23)15-8-16(11-20-10-15)19(24)22-17-7-5-6-13(3)14(17)4/h5-8,10-12H,9H2,1-4H3,(H,21,23)(H,22,24). The van der Waals surface area contributed by atoms with E-state index in [1.807, 2.05) is 45.9 Å². The zero-order valence-corrected chi connectivity index (χ0v) is 14.5. The van der Waals surface area contributed by atoms with Crippen molar-refractivity contribution in [2.45, 2.75) is 27.7 Å². The molecule has 1 heterocycles. The number of nitrogens with one attached hydrogen (secondary N) is 2. The average Bonchev–Trinajstić information content (AvgIpc) is 2.56. The third kappa shape index (κ3) is 4.41. The lowest BCUT2D eigenvalue weighted by molar-refractivity contribution is 0.0948. The highest BCUT2D eigenvalue weighted by Gasteiger charge is 2.13. The molecule has 0 radical (unpaired) electrons. The van der Waals surface area contributed by atoms with Gasteiger partial charge in [-0.25, -0.2) is 0 Å². The number of anilines is 1. The van der Waals surface area contributed by atoms with E-state index in [4.69, 9.17) is 0 Å². The van der Waals surface area contributed by atoms with Crippen molar-refractivity contribution in [2.75, 3.05) is 11.9 Å². The Kier molecular flexibility index (Phi) is 5.68. The molecule has 0 aliphatic heterocycles. The van der Waals surface area contributed by atoms with Gasteiger partial charge in [-0.2, -0.15) is 0 Å². The fourth-order valence-corrected chi connectivity index (χ4v) is 2.17. The smallest absolute Gasteiger partial charge is 0.257 e. The molecule has 0 spiro atoms. The summed E-state index contributed by atoms with van der Waals surface area (Å²) in [5.41, 5.74) is 3.62. The van der Waals surface area contributed by atoms with Crippen LogP contribution in [0.3, 0.4) is 0 Å². The van der Waals surface area contributed by atoms with Crippen LogP contribution in [0, 0.1) is 19.8 Å². The summed E-state index contributed by atoms with van der Waals surface area (Å²) in [6.07, 6.45) is 2.92. The van der Waals surface area contributed by atoms with Crippen LogP contribution < -0.4 is 10.6 Å². The molecule has 5 nitrogen and oxygen atoms in total. The van der Waals surface area contributed by atoms with Crippen molar-refractivity contribution in [1.82, 2.24) is 10.3 Å². The zero-order chi connectivity index (χ0) is 17.7. The van der Waals surface area contributed by atoms with Crippen LogP contribution in [0.2, 0.25) is 0 Å². The van der Waals surface area contributed by atoms with Gasteiger partial charge in [-0.3, -0.25) is 14.6 Å². The van der Waals surface area contributed by atoms with Gasteiger partial charge < -0.3 is 10.6 Å². The molecular weight excluding hydrogens is 302 g/mol. The molecule has 2 amide bonds. The van der Waals surface area contributed by atoms with Crippen LogP contribution in [0.25, 0.3) is 0 Å². The van der Waals surface area contributed by atoms with Gasteiger partial charge in [0.05, 0.1) is 11.1 Å². The lowest BCUT2D eigenvalue weighted by Crippen LogP contribution is -2.27. The lowest BCUT2D eigenvalue weighted by atomic mass is 10.1. The Bertz CT molecular complexity index is 754. The second-order valence-corrected chi connectivity index (χ2v) is 6.27. The Morgan fingerprint density at radius 1 is 1.08 bits per heavy atom. The van der Waals surface area contributed by atoms with Crippen LogP contribution in [0.4, 0.5) is 5.69 Å². The number of amides is 2. The highest BCUT2D eigenvalue weighted by atomic mass is 16.2. The quantitative estimate of drug-likeness (QED) is 0.885. The monoisotopic (exact) mass is 325 g/mol. The van der Waals surface area contributed by atoms with Gasteiger partial charge in [-0.15, -0.1) is 0 Å². The predicted octanol–water partition coefficient (Wildman–Crippen LogP) is 3.34. The maximum absolute atomic E-state index is 12.4. The van der Waals surface area contributed by atoms with Crippen molar-refractivity contribution in [3.8, 4) is 0 Å². The SMILES string of the molecule is Cc1cccc(NC(=O)c2cncc(C(=O)NCC(C)C)c2)c1C. The van der Waals surface area contributed by atoms with Crippen LogP contribution >= 0.6 is 0 Å². The Morgan fingerprint density at radius 2 is 1.75 bits per heavy atom. The van der Waals surface area contributed by atoms with E-state index in [1.54, 1.807) is 6.07 Å². The molecule has 0 fully saturated rings. The maximum Gasteiger partial charge on any atom is 0.257 e. The zero-order valence-electron chi connectivity index (χ0n) is 14.5. The molecule has 24 heavy (non-hydrogen) atoms. The summed E-state index contributed by atoms with van der Waals surface area (Å²) in [7, 11) is 0. The van der Waals surface area contributed by atoms with Crippen molar-refractivity contribution in [1.29, 1.82) is 0 Å². The van der Waals surface area contributed by atoms with E-state index in [0.717, 1.165) is 16.8 Å². The van der Waals surface area contributed by atoms with E-state index in [9.17, 15) is 9.59 Å². The van der Waals surface area contributed by atoms with Gasteiger partial charge in [0, 0.05) is 24.6 Å². The van der Waals surface area contributed by atoms with Crippen molar-refractivity contribution < 1.29 is 9.59 Å². The number of carbonyl (C=O) groups excluding carboxylic acids is 2. The first-order chi connectivity index (χ1) is 11.4. The van der Waals surface area contributed by atoms with Crippen LogP contribution in [0.5, 0.6) is 0 Å². The number of pyridine rings is 1. The molecule has 2 N–H and O–H groups in total. The number of benzene rings is 1. The minimum Gasteiger partial charge on any atom is -0.352 e. The summed E-state index contributed by atoms with van der Waals surface area (Å²) in [6.45, 7) is 8.57. The molecule has 2 rings (SSSR count). The Hall–Kier alpha value is -2.69. The first kappa shape index (κ1) is 17.7. The molecule has 0 aliphatic rings. The minimum atomic E-state index is -0.283. The Balaban J connectivity index is 2.14. The predicted molar refractivity (Wildman–Crippen MR) is 95.3 cm³/mol. The van der Waals surface area contributed by atoms with E-state index >= 15 is 0 Å². The van der Waals surface area contributed by atoms with Gasteiger partial charge in [0.2, 0.25) is 0 Å². The largest absolute Gasteiger partial charge is 0.352 e. The number of hydrogen-bond donors (Lipinski definition) is 2. The van der Waals surface area contributed by atoms with Crippen LogP contribution in [0.15, 0.2) is 36.7 Å². The molecule has 0 aliphatic carbocycles. The Morgan fingerprint density at radius 3 is 2.42 bits per heavy atom. The molecule has 0 saturated heterocycles. The molecule has 0 saturated carbocycles. The maximum atomic E-state index is 12.4. The molecule has 0 atom stereocenters. The number of hydrogen-bond acceptors (Lipinski definition) is 3. The number of aromatic nitrogens is 1. The Labute approximate surface area is 142 Å². The van der Waals surface area contributed by atoms with Gasteiger partial charge in [-0.05, 0) is 43.0 Å². The summed E-state index contributed by atoms with van der Waals surface area (Å²) in [5, 5.41) is 5.69. The van der Waals surface area contributed by atoms with Gasteiger partial charge >= 0.3 is 0 Å². The van der Waals surface area contributed by atoms with Crippen molar-refractivity contribution in [2.24, 2.45) is 5.92 Å². The average molecular weight is 325 g/mol.